The molecular formula is C35H42N3O2S2Y-. The van der Waals surface area contributed by atoms with Gasteiger partial charge in [0.15, 0.2) is 5.11 Å². The molecular weight excluding hydrogens is 647 g/mol. The van der Waals surface area contributed by atoms with Crippen molar-refractivity contribution in [2.75, 3.05) is 5.32 Å². The molecule has 0 saturated carbocycles. The molecule has 2 aromatic heterocycles. The number of carbonyl (C=O) groups excluding carboxylic acids is 1. The van der Waals surface area contributed by atoms with Gasteiger partial charge >= 0.3 is 0 Å². The summed E-state index contributed by atoms with van der Waals surface area (Å²) < 4.78 is 7.17. The number of carbonyl (C=O) groups is 1. The maximum atomic E-state index is 12.2. The van der Waals surface area contributed by atoms with E-state index in [0.717, 1.165) is 37.7 Å². The summed E-state index contributed by atoms with van der Waals surface area (Å²) in [4.78, 5) is 17.8. The molecule has 5 rings (SSSR count). The second-order valence-electron chi connectivity index (χ2n) is 8.50. The molecule has 43 heavy (non-hydrogen) atoms. The van der Waals surface area contributed by atoms with E-state index in [1.807, 2.05) is 92.7 Å². The van der Waals surface area contributed by atoms with Crippen LogP contribution in [0.25, 0.3) is 20.7 Å². The number of thiophene rings is 1. The number of pyridine rings is 1. The minimum absolute atomic E-state index is 0. The Bertz CT molecular complexity index is 1490. The van der Waals surface area contributed by atoms with Gasteiger partial charge in [-0.2, -0.15) is 0 Å². The first-order valence-electron chi connectivity index (χ1n) is 13.4. The number of anilines is 1. The molecule has 3 aromatic carbocycles. The monoisotopic (exact) mass is 689 g/mol. The van der Waals surface area contributed by atoms with E-state index in [4.69, 9.17) is 17.0 Å². The van der Waals surface area contributed by atoms with Gasteiger partial charge in [0.25, 0.3) is 0 Å². The number of fused-ring (bicyclic) bond motifs is 1. The predicted octanol–water partition coefficient (Wildman–Crippen LogP) is 10.3. The van der Waals surface area contributed by atoms with Gasteiger partial charge in [-0.3, -0.25) is 9.78 Å². The van der Waals surface area contributed by atoms with E-state index in [2.05, 4.69) is 47.7 Å². The van der Waals surface area contributed by atoms with Crippen LogP contribution >= 0.6 is 23.6 Å². The number of ether oxygens (including phenoxy) is 1. The molecule has 0 spiro atoms. The van der Waals surface area contributed by atoms with Crippen molar-refractivity contribution in [1.29, 1.82) is 0 Å². The van der Waals surface area contributed by atoms with Crippen LogP contribution in [0, 0.1) is 7.43 Å². The Kier molecular flexibility index (Phi) is 20.2. The van der Waals surface area contributed by atoms with E-state index in [1.165, 1.54) is 6.42 Å². The van der Waals surface area contributed by atoms with E-state index in [-0.39, 0.29) is 65.0 Å². The van der Waals surface area contributed by atoms with Gasteiger partial charge in [-0.25, -0.2) is 0 Å². The minimum atomic E-state index is -0.166. The van der Waals surface area contributed by atoms with Crippen molar-refractivity contribution in [3.8, 4) is 21.9 Å². The van der Waals surface area contributed by atoms with Crippen LogP contribution in [0.15, 0.2) is 103 Å². The summed E-state index contributed by atoms with van der Waals surface area (Å²) in [5.74, 6) is 1.28. The van der Waals surface area contributed by atoms with E-state index in [0.29, 0.717) is 5.75 Å². The third-order valence-electron chi connectivity index (χ3n) is 5.23. The summed E-state index contributed by atoms with van der Waals surface area (Å²) in [7, 11) is 0. The van der Waals surface area contributed by atoms with Crippen LogP contribution in [-0.4, -0.2) is 16.0 Å². The summed E-state index contributed by atoms with van der Waals surface area (Å²) in [5.41, 5.74) is 3.75. The largest absolute Gasteiger partial charge is 0.456 e. The maximum absolute atomic E-state index is 12.2. The third kappa shape index (κ3) is 12.7. The molecule has 0 bridgehead atoms. The summed E-state index contributed by atoms with van der Waals surface area (Å²) in [6.07, 6.45) is 3.27. The topological polar surface area (TPSA) is 63.2 Å². The van der Waals surface area contributed by atoms with Gasteiger partial charge in [-0.15, -0.1) is 11.3 Å². The minimum Gasteiger partial charge on any atom is -0.456 e. The molecule has 0 fully saturated rings. The fourth-order valence-electron chi connectivity index (χ4n) is 3.59. The van der Waals surface area contributed by atoms with Crippen LogP contribution in [0.3, 0.4) is 0 Å². The number of aromatic nitrogens is 1. The molecule has 1 radical (unpaired) electrons. The van der Waals surface area contributed by atoms with Crippen molar-refractivity contribution >= 4 is 50.5 Å². The first kappa shape index (κ1) is 40.0. The molecule has 1 amide bonds. The first-order valence-corrected chi connectivity index (χ1v) is 14.6. The first-order chi connectivity index (χ1) is 19.6. The second kappa shape index (κ2) is 21.7. The number of rotatable bonds is 6. The van der Waals surface area contributed by atoms with Crippen LogP contribution in [0.4, 0.5) is 5.69 Å². The zero-order chi connectivity index (χ0) is 28.7. The number of nitrogens with zero attached hydrogens (tertiary/aromatic N) is 1. The summed E-state index contributed by atoms with van der Waals surface area (Å²) in [5, 5.41) is 6.00. The fourth-order valence-corrected chi connectivity index (χ4v) is 4.89. The molecule has 2 heterocycles. The Morgan fingerprint density at radius 2 is 1.49 bits per heavy atom. The van der Waals surface area contributed by atoms with E-state index >= 15 is 0 Å². The fraction of sp³-hybridized carbons (Fsp3) is 0.200. The Morgan fingerprint density at radius 1 is 0.907 bits per heavy atom. The molecule has 5 aromatic rings. The van der Waals surface area contributed by atoms with E-state index in [9.17, 15) is 4.79 Å². The van der Waals surface area contributed by atoms with Crippen molar-refractivity contribution in [2.24, 2.45) is 0 Å². The number of thiocarbonyl (C=S) groups is 1. The number of benzene rings is 3. The molecule has 0 atom stereocenters. The van der Waals surface area contributed by atoms with Crippen LogP contribution in [0.5, 0.6) is 11.5 Å². The molecule has 0 saturated heterocycles. The molecule has 0 unspecified atom stereocenters. The van der Waals surface area contributed by atoms with Crippen molar-refractivity contribution in [3.05, 3.63) is 116 Å². The molecule has 0 aliphatic heterocycles. The number of nitrogens with one attached hydrogen (secondary N) is 2. The van der Waals surface area contributed by atoms with Crippen molar-refractivity contribution in [1.82, 2.24) is 10.3 Å². The molecule has 2 N–H and O–H groups in total. The Labute approximate surface area is 292 Å². The summed E-state index contributed by atoms with van der Waals surface area (Å²) in [6.45, 7) is 8.25. The average Bonchev–Trinajstić information content (AvgIpc) is 3.42. The van der Waals surface area contributed by atoms with Gasteiger partial charge in [-0.05, 0) is 53.7 Å². The van der Waals surface area contributed by atoms with Crippen molar-refractivity contribution in [2.45, 2.75) is 48.0 Å². The van der Waals surface area contributed by atoms with Gasteiger partial charge < -0.3 is 22.8 Å². The normalized spacial score (nSPS) is 9.21. The molecule has 8 heteroatoms. The predicted molar refractivity (Wildman–Crippen MR) is 187 cm³/mol. The van der Waals surface area contributed by atoms with Crippen LogP contribution < -0.4 is 15.4 Å². The van der Waals surface area contributed by atoms with Crippen LogP contribution in [0.2, 0.25) is 0 Å². The molecule has 225 valence electrons. The SMILES string of the molecule is C.CC.CCC.O=C(Cc1ccccc1)NC(=S)Nc1ccc(Oc2ccnc3cc(-c4ccccc4)sc23)cc1.[CH3-].[Y]. The van der Waals surface area contributed by atoms with Crippen LogP contribution in [0.1, 0.15) is 47.1 Å². The van der Waals surface area contributed by atoms with E-state index in [1.54, 1.807) is 17.5 Å². The number of hydrogen-bond acceptors (Lipinski definition) is 5. The van der Waals surface area contributed by atoms with Gasteiger partial charge in [0.05, 0.1) is 16.6 Å². The number of amides is 1. The standard InChI is InChI=1S/C28H21N3O2S2.C3H8.C2H6.CH4.CH3.Y/c32-26(17-19-7-3-1-4-8-19)31-28(34)30-21-11-13-22(14-12-21)33-24-15-16-29-23-18-25(35-27(23)24)20-9-5-2-6-10-20;1-3-2;1-2;;;/h1-16,18H,17H2,(H2,30,31,32,34);3H2,1-2H3;1-2H3;1H4;1H3;/q;;;;-1;. The second-order valence-corrected chi connectivity index (χ2v) is 9.96. The maximum Gasteiger partial charge on any atom is 0.230 e. The molecule has 0 aliphatic rings. The van der Waals surface area contributed by atoms with Gasteiger partial charge in [0.1, 0.15) is 11.5 Å². The van der Waals surface area contributed by atoms with Gasteiger partial charge in [0.2, 0.25) is 5.91 Å². The summed E-state index contributed by atoms with van der Waals surface area (Å²) in [6, 6.07) is 31.2. The summed E-state index contributed by atoms with van der Waals surface area (Å²) >= 11 is 6.94. The Hall–Kier alpha value is -2.97. The average molecular weight is 690 g/mol. The van der Waals surface area contributed by atoms with Gasteiger partial charge in [-0.1, -0.05) is 102 Å². The number of hydrogen-bond donors (Lipinski definition) is 2. The quantitative estimate of drug-likeness (QED) is 0.137. The Balaban J connectivity index is 0.00000208. The zero-order valence-corrected chi connectivity index (χ0v) is 29.4. The Morgan fingerprint density at radius 3 is 2.09 bits per heavy atom. The van der Waals surface area contributed by atoms with Gasteiger partial charge in [0, 0.05) is 55.5 Å². The third-order valence-corrected chi connectivity index (χ3v) is 6.63. The smallest absolute Gasteiger partial charge is 0.230 e. The van der Waals surface area contributed by atoms with Crippen LogP contribution in [-0.2, 0) is 43.9 Å². The zero-order valence-electron chi connectivity index (χ0n) is 24.9. The van der Waals surface area contributed by atoms with E-state index < -0.39 is 0 Å². The molecule has 0 aliphatic carbocycles. The van der Waals surface area contributed by atoms with Crippen molar-refractivity contribution in [3.63, 3.8) is 0 Å². The molecule has 5 nitrogen and oxygen atoms in total. The van der Waals surface area contributed by atoms with Crippen molar-refractivity contribution < 1.29 is 42.2 Å².